The second-order valence-electron chi connectivity index (χ2n) is 9.14. The van der Waals surface area contributed by atoms with Crippen LogP contribution in [0.25, 0.3) is 0 Å². The van der Waals surface area contributed by atoms with E-state index in [2.05, 4.69) is 62.7 Å². The lowest BCUT2D eigenvalue weighted by Gasteiger charge is -2.22. The molecule has 0 aromatic heterocycles. The third-order valence-electron chi connectivity index (χ3n) is 6.18. The quantitative estimate of drug-likeness (QED) is 0.195. The third-order valence-corrected chi connectivity index (χ3v) is 7.13. The number of aliphatic imine (C=N–C) groups is 2. The molecule has 1 heterocycles. The first-order valence-corrected chi connectivity index (χ1v) is 13.6. The van der Waals surface area contributed by atoms with Gasteiger partial charge in [-0.2, -0.15) is 10.1 Å². The molecular weight excluding hydrogens is 553 g/mol. The van der Waals surface area contributed by atoms with E-state index in [0.29, 0.717) is 22.3 Å². The van der Waals surface area contributed by atoms with Crippen LogP contribution in [0.15, 0.2) is 81.8 Å². The standard InChI is InChI=1S/C29H29F3N6O2S/c1-19-6-5-7-20(2)25(19)38-16-17-41-28(38)35-27(39)34-18-21-8-10-22(11-9-21)26(33-3)36-37(4)23-12-14-24(15-13-23)40-29(30,31)32/h5-15H,3,16-18H2,1-2,4H3,(H,34,39)/b35-28-,36-26-. The molecule has 0 radical (unpaired) electrons. The first-order valence-electron chi connectivity index (χ1n) is 12.6. The number of carbonyl (C=O) groups excluding carboxylic acids is 1. The van der Waals surface area contributed by atoms with Crippen LogP contribution in [0, 0.1) is 13.8 Å². The number of para-hydroxylation sites is 1. The highest BCUT2D eigenvalue weighted by molar-refractivity contribution is 8.14. The SMILES string of the molecule is C=N/C(=N\N(C)c1ccc(OC(F)(F)F)cc1)c1ccc(CNC(=O)/N=C2\SCCN2c2c(C)cccc2C)cc1. The van der Waals surface area contributed by atoms with E-state index < -0.39 is 12.4 Å². The minimum absolute atomic E-state index is 0.282. The molecule has 1 fully saturated rings. The number of ether oxygens (including phenoxy) is 1. The first-order chi connectivity index (χ1) is 19.5. The van der Waals surface area contributed by atoms with Crippen molar-refractivity contribution in [3.63, 3.8) is 0 Å². The molecule has 8 nitrogen and oxygen atoms in total. The molecule has 214 valence electrons. The van der Waals surface area contributed by atoms with Crippen molar-refractivity contribution in [3.05, 3.63) is 89.0 Å². The molecule has 3 aromatic rings. The van der Waals surface area contributed by atoms with Crippen molar-refractivity contribution in [2.24, 2.45) is 15.1 Å². The highest BCUT2D eigenvalue weighted by Gasteiger charge is 2.31. The number of nitrogens with one attached hydrogen (secondary N) is 1. The van der Waals surface area contributed by atoms with Gasteiger partial charge in [-0.05, 0) is 61.5 Å². The maximum absolute atomic E-state index is 12.6. The Morgan fingerprint density at radius 3 is 2.34 bits per heavy atom. The summed E-state index contributed by atoms with van der Waals surface area (Å²) in [6, 6.07) is 18.3. The van der Waals surface area contributed by atoms with Gasteiger partial charge in [-0.3, -0.25) is 5.01 Å². The van der Waals surface area contributed by atoms with Crippen LogP contribution < -0.4 is 20.0 Å². The van der Waals surface area contributed by atoms with Crippen molar-refractivity contribution in [3.8, 4) is 5.75 Å². The highest BCUT2D eigenvalue weighted by atomic mass is 32.2. The molecular formula is C29H29F3N6O2S. The maximum atomic E-state index is 12.6. The molecule has 0 aliphatic carbocycles. The molecule has 1 N–H and O–H groups in total. The Hall–Kier alpha value is -4.32. The lowest BCUT2D eigenvalue weighted by atomic mass is 10.1. The molecule has 4 rings (SSSR count). The van der Waals surface area contributed by atoms with Gasteiger partial charge in [-0.1, -0.05) is 54.2 Å². The van der Waals surface area contributed by atoms with E-state index in [1.165, 1.54) is 29.3 Å². The number of hydrazone groups is 1. The van der Waals surface area contributed by atoms with Gasteiger partial charge in [-0.15, -0.1) is 13.2 Å². The average molecular weight is 583 g/mol. The van der Waals surface area contributed by atoms with Crippen LogP contribution in [-0.2, 0) is 6.54 Å². The first kappa shape index (κ1) is 29.7. The summed E-state index contributed by atoms with van der Waals surface area (Å²) in [6.07, 6.45) is -4.76. The van der Waals surface area contributed by atoms with Gasteiger partial charge in [0.05, 0.1) is 5.69 Å². The van der Waals surface area contributed by atoms with Crippen LogP contribution in [-0.4, -0.2) is 49.5 Å². The molecule has 1 aliphatic rings. The van der Waals surface area contributed by atoms with Crippen molar-refractivity contribution >= 4 is 46.9 Å². The number of nitrogens with zero attached hydrogens (tertiary/aromatic N) is 5. The summed E-state index contributed by atoms with van der Waals surface area (Å²) < 4.78 is 41.1. The van der Waals surface area contributed by atoms with Crippen LogP contribution in [0.1, 0.15) is 22.3 Å². The zero-order valence-electron chi connectivity index (χ0n) is 22.8. The number of rotatable bonds is 7. The second-order valence-corrected chi connectivity index (χ2v) is 10.2. The predicted octanol–water partition coefficient (Wildman–Crippen LogP) is 6.52. The van der Waals surface area contributed by atoms with E-state index in [1.807, 2.05) is 18.2 Å². The Morgan fingerprint density at radius 2 is 1.73 bits per heavy atom. The number of thioether (sulfide) groups is 1. The van der Waals surface area contributed by atoms with Crippen molar-refractivity contribution in [2.45, 2.75) is 26.8 Å². The summed E-state index contributed by atoms with van der Waals surface area (Å²) in [5.41, 5.74) is 5.41. The topological polar surface area (TPSA) is 81.9 Å². The summed E-state index contributed by atoms with van der Waals surface area (Å²) in [5, 5.41) is 9.40. The molecule has 0 bridgehead atoms. The second kappa shape index (κ2) is 12.9. The number of amides is 2. The summed E-state index contributed by atoms with van der Waals surface area (Å²) in [5.74, 6) is 0.848. The van der Waals surface area contributed by atoms with Crippen LogP contribution >= 0.6 is 11.8 Å². The van der Waals surface area contributed by atoms with Crippen LogP contribution in [0.2, 0.25) is 0 Å². The van der Waals surface area contributed by atoms with E-state index in [-0.39, 0.29) is 12.3 Å². The van der Waals surface area contributed by atoms with Gasteiger partial charge in [-0.25, -0.2) is 9.79 Å². The number of urea groups is 1. The van der Waals surface area contributed by atoms with Crippen molar-refractivity contribution in [1.82, 2.24) is 5.32 Å². The Labute approximate surface area is 240 Å². The molecule has 3 aromatic carbocycles. The lowest BCUT2D eigenvalue weighted by molar-refractivity contribution is -0.274. The number of halogens is 3. The summed E-state index contributed by atoms with van der Waals surface area (Å²) in [7, 11) is 1.64. The van der Waals surface area contributed by atoms with E-state index in [9.17, 15) is 18.0 Å². The Kier molecular flexibility index (Phi) is 9.33. The van der Waals surface area contributed by atoms with Gasteiger partial charge in [0.2, 0.25) is 0 Å². The smallest absolute Gasteiger partial charge is 0.406 e. The summed E-state index contributed by atoms with van der Waals surface area (Å²) in [6.45, 7) is 8.75. The highest BCUT2D eigenvalue weighted by Crippen LogP contribution is 2.31. The fraction of sp³-hybridized carbons (Fsp3) is 0.241. The van der Waals surface area contributed by atoms with Gasteiger partial charge < -0.3 is 15.0 Å². The van der Waals surface area contributed by atoms with E-state index >= 15 is 0 Å². The van der Waals surface area contributed by atoms with Gasteiger partial charge in [0.15, 0.2) is 11.0 Å². The Bertz CT molecular complexity index is 1440. The number of anilines is 2. The molecule has 0 saturated carbocycles. The van der Waals surface area contributed by atoms with Crippen molar-refractivity contribution in [1.29, 1.82) is 0 Å². The number of carbonyl (C=O) groups is 1. The number of alkyl halides is 3. The summed E-state index contributed by atoms with van der Waals surface area (Å²) >= 11 is 1.56. The molecule has 0 unspecified atom stereocenters. The molecule has 1 saturated heterocycles. The molecule has 0 atom stereocenters. The molecule has 2 amide bonds. The minimum Gasteiger partial charge on any atom is -0.406 e. The summed E-state index contributed by atoms with van der Waals surface area (Å²) in [4.78, 5) is 23.0. The number of hydrogen-bond donors (Lipinski definition) is 1. The lowest BCUT2D eigenvalue weighted by Crippen LogP contribution is -2.28. The predicted molar refractivity (Wildman–Crippen MR) is 159 cm³/mol. The maximum Gasteiger partial charge on any atom is 0.573 e. The Morgan fingerprint density at radius 1 is 1.07 bits per heavy atom. The van der Waals surface area contributed by atoms with Gasteiger partial charge >= 0.3 is 12.4 Å². The van der Waals surface area contributed by atoms with E-state index in [0.717, 1.165) is 34.7 Å². The van der Waals surface area contributed by atoms with Crippen molar-refractivity contribution in [2.75, 3.05) is 29.3 Å². The molecule has 0 spiro atoms. The van der Waals surface area contributed by atoms with E-state index in [4.69, 9.17) is 0 Å². The minimum atomic E-state index is -4.76. The van der Waals surface area contributed by atoms with Gasteiger partial charge in [0.25, 0.3) is 0 Å². The fourth-order valence-corrected chi connectivity index (χ4v) is 5.20. The van der Waals surface area contributed by atoms with Crippen molar-refractivity contribution < 1.29 is 22.7 Å². The van der Waals surface area contributed by atoms with Crippen LogP contribution in [0.5, 0.6) is 5.75 Å². The van der Waals surface area contributed by atoms with Crippen LogP contribution in [0.3, 0.4) is 0 Å². The fourth-order valence-electron chi connectivity index (χ4n) is 4.25. The Balaban J connectivity index is 1.37. The number of amidine groups is 2. The van der Waals surface area contributed by atoms with E-state index in [1.54, 1.807) is 30.9 Å². The number of aryl methyl sites for hydroxylation is 2. The molecule has 41 heavy (non-hydrogen) atoms. The van der Waals surface area contributed by atoms with Crippen LogP contribution in [0.4, 0.5) is 29.3 Å². The zero-order chi connectivity index (χ0) is 29.6. The number of benzene rings is 3. The largest absolute Gasteiger partial charge is 0.573 e. The average Bonchev–Trinajstić information content (AvgIpc) is 3.37. The third kappa shape index (κ3) is 7.88. The normalized spacial score (nSPS) is 14.7. The zero-order valence-corrected chi connectivity index (χ0v) is 23.6. The molecule has 12 heteroatoms. The van der Waals surface area contributed by atoms with Gasteiger partial charge in [0.1, 0.15) is 5.75 Å². The monoisotopic (exact) mass is 582 g/mol. The number of hydrogen-bond acceptors (Lipinski definition) is 5. The van der Waals surface area contributed by atoms with Gasteiger partial charge in [0, 0.05) is 37.1 Å². The molecule has 1 aliphatic heterocycles.